The summed E-state index contributed by atoms with van der Waals surface area (Å²) < 4.78 is 5.07. The molecule has 0 amide bonds. The fourth-order valence-electron chi connectivity index (χ4n) is 2.00. The summed E-state index contributed by atoms with van der Waals surface area (Å²) in [4.78, 5) is 11.7. The maximum atomic E-state index is 11.7. The van der Waals surface area contributed by atoms with Crippen LogP contribution < -0.4 is 0 Å². The molecule has 1 aromatic carbocycles. The van der Waals surface area contributed by atoms with Gasteiger partial charge >= 0.3 is 5.97 Å². The lowest BCUT2D eigenvalue weighted by molar-refractivity contribution is -0.143. The molecule has 17 heavy (non-hydrogen) atoms. The monoisotopic (exact) mass is 250 g/mol. The van der Waals surface area contributed by atoms with Crippen molar-refractivity contribution in [3.05, 3.63) is 35.9 Å². The Labute approximate surface area is 105 Å². The van der Waals surface area contributed by atoms with E-state index in [4.69, 9.17) is 4.74 Å². The number of hydrogen-bond acceptors (Lipinski definition) is 2. The van der Waals surface area contributed by atoms with E-state index in [1.165, 1.54) is 5.56 Å². The first kappa shape index (κ1) is 14.0. The van der Waals surface area contributed by atoms with Gasteiger partial charge in [0.15, 0.2) is 0 Å². The van der Waals surface area contributed by atoms with Crippen molar-refractivity contribution in [1.82, 2.24) is 0 Å². The van der Waals surface area contributed by atoms with Crippen LogP contribution in [-0.2, 0) is 9.53 Å². The lowest BCUT2D eigenvalue weighted by Crippen LogP contribution is -2.33. The van der Waals surface area contributed by atoms with E-state index >= 15 is 0 Å². The van der Waals surface area contributed by atoms with Crippen LogP contribution in [0.2, 0.25) is 19.6 Å². The minimum atomic E-state index is -1.42. The van der Waals surface area contributed by atoms with E-state index in [0.29, 0.717) is 18.6 Å². The second kappa shape index (κ2) is 6.01. The topological polar surface area (TPSA) is 26.3 Å². The van der Waals surface area contributed by atoms with E-state index in [-0.39, 0.29) is 5.97 Å². The molecular formula is C14H22O2Si. The molecular weight excluding hydrogens is 228 g/mol. The molecule has 0 fully saturated rings. The van der Waals surface area contributed by atoms with Crippen LogP contribution >= 0.6 is 0 Å². The van der Waals surface area contributed by atoms with Crippen LogP contribution in [0, 0.1) is 0 Å². The second-order valence-electron chi connectivity index (χ2n) is 5.34. The van der Waals surface area contributed by atoms with Crippen molar-refractivity contribution in [2.24, 2.45) is 0 Å². The van der Waals surface area contributed by atoms with Crippen LogP contribution in [0.15, 0.2) is 30.3 Å². The van der Waals surface area contributed by atoms with Crippen LogP contribution in [0.4, 0.5) is 0 Å². The number of rotatable bonds is 5. The maximum Gasteiger partial charge on any atom is 0.306 e. The third-order valence-corrected chi connectivity index (χ3v) is 5.55. The summed E-state index contributed by atoms with van der Waals surface area (Å²) in [6, 6.07) is 10.3. The summed E-state index contributed by atoms with van der Waals surface area (Å²) >= 11 is 0. The molecule has 0 aromatic heterocycles. The average Bonchev–Trinajstić information content (AvgIpc) is 2.26. The Morgan fingerprint density at radius 1 is 1.24 bits per heavy atom. The standard InChI is InChI=1S/C14H22O2Si/c1-5-16-14(15)11-13(17(2,3)4)12-9-7-6-8-10-12/h6-10,13H,5,11H2,1-4H3. The van der Waals surface area contributed by atoms with E-state index in [1.807, 2.05) is 25.1 Å². The van der Waals surface area contributed by atoms with Crippen molar-refractivity contribution in [3.63, 3.8) is 0 Å². The van der Waals surface area contributed by atoms with Gasteiger partial charge in [0.25, 0.3) is 0 Å². The molecule has 94 valence electrons. The van der Waals surface area contributed by atoms with Gasteiger partial charge in [-0.2, -0.15) is 0 Å². The highest BCUT2D eigenvalue weighted by molar-refractivity contribution is 6.77. The van der Waals surface area contributed by atoms with Crippen molar-refractivity contribution in [2.45, 2.75) is 38.5 Å². The Morgan fingerprint density at radius 3 is 2.29 bits per heavy atom. The van der Waals surface area contributed by atoms with Gasteiger partial charge in [-0.25, -0.2) is 0 Å². The molecule has 0 N–H and O–H groups in total. The molecule has 3 heteroatoms. The molecule has 0 aliphatic heterocycles. The zero-order valence-corrected chi connectivity index (χ0v) is 12.2. The lowest BCUT2D eigenvalue weighted by atomic mass is 10.1. The molecule has 0 saturated carbocycles. The second-order valence-corrected chi connectivity index (χ2v) is 10.8. The molecule has 0 saturated heterocycles. The zero-order chi connectivity index (χ0) is 12.9. The molecule has 0 radical (unpaired) electrons. The Hall–Kier alpha value is -1.09. The summed E-state index contributed by atoms with van der Waals surface area (Å²) in [5.74, 6) is -0.0798. The van der Waals surface area contributed by atoms with Gasteiger partial charge < -0.3 is 4.74 Å². The van der Waals surface area contributed by atoms with E-state index in [9.17, 15) is 4.79 Å². The summed E-state index contributed by atoms with van der Waals surface area (Å²) in [5, 5.41) is 0. The van der Waals surface area contributed by atoms with Crippen LogP contribution in [0.25, 0.3) is 0 Å². The molecule has 1 aromatic rings. The molecule has 1 rings (SSSR count). The number of hydrogen-bond donors (Lipinski definition) is 0. The largest absolute Gasteiger partial charge is 0.466 e. The number of benzene rings is 1. The molecule has 1 atom stereocenters. The predicted octanol–water partition coefficient (Wildman–Crippen LogP) is 3.60. The summed E-state index contributed by atoms with van der Waals surface area (Å²) in [6.07, 6.45) is 0.508. The molecule has 0 aliphatic carbocycles. The van der Waals surface area contributed by atoms with Gasteiger partial charge in [-0.1, -0.05) is 50.0 Å². The quantitative estimate of drug-likeness (QED) is 0.589. The van der Waals surface area contributed by atoms with Crippen LogP contribution in [-0.4, -0.2) is 20.7 Å². The van der Waals surface area contributed by atoms with Crippen molar-refractivity contribution < 1.29 is 9.53 Å². The fourth-order valence-corrected chi connectivity index (χ4v) is 3.97. The third kappa shape index (κ3) is 4.34. The number of ether oxygens (including phenoxy) is 1. The number of esters is 1. The SMILES string of the molecule is CCOC(=O)CC(c1ccccc1)[Si](C)(C)C. The third-order valence-electron chi connectivity index (χ3n) is 2.92. The average molecular weight is 250 g/mol. The minimum absolute atomic E-state index is 0.0798. The smallest absolute Gasteiger partial charge is 0.306 e. The zero-order valence-electron chi connectivity index (χ0n) is 11.2. The highest BCUT2D eigenvalue weighted by atomic mass is 28.3. The molecule has 1 unspecified atom stereocenters. The molecule has 2 nitrogen and oxygen atoms in total. The van der Waals surface area contributed by atoms with Gasteiger partial charge in [-0.3, -0.25) is 4.79 Å². The first-order valence-electron chi connectivity index (χ1n) is 6.15. The van der Waals surface area contributed by atoms with Crippen LogP contribution in [0.3, 0.4) is 0 Å². The maximum absolute atomic E-state index is 11.7. The predicted molar refractivity (Wildman–Crippen MR) is 73.8 cm³/mol. The van der Waals surface area contributed by atoms with Gasteiger partial charge in [0.1, 0.15) is 0 Å². The summed E-state index contributed by atoms with van der Waals surface area (Å²) in [5.41, 5.74) is 1.60. The first-order chi connectivity index (χ1) is 7.95. The normalized spacial score (nSPS) is 13.2. The van der Waals surface area contributed by atoms with Crippen molar-refractivity contribution in [3.8, 4) is 0 Å². The lowest BCUT2D eigenvalue weighted by Gasteiger charge is -2.28. The van der Waals surface area contributed by atoms with Crippen LogP contribution in [0.5, 0.6) is 0 Å². The van der Waals surface area contributed by atoms with E-state index in [0.717, 1.165) is 0 Å². The fraction of sp³-hybridized carbons (Fsp3) is 0.500. The van der Waals surface area contributed by atoms with Gasteiger partial charge in [0.05, 0.1) is 14.7 Å². The Kier molecular flexibility index (Phi) is 4.94. The van der Waals surface area contributed by atoms with Gasteiger partial charge in [-0.05, 0) is 18.0 Å². The van der Waals surface area contributed by atoms with Crippen molar-refractivity contribution in [2.75, 3.05) is 6.61 Å². The van der Waals surface area contributed by atoms with E-state index < -0.39 is 8.07 Å². The van der Waals surface area contributed by atoms with Gasteiger partial charge in [0, 0.05) is 6.42 Å². The number of carbonyl (C=O) groups is 1. The summed E-state index contributed by atoms with van der Waals surface area (Å²) in [7, 11) is -1.42. The van der Waals surface area contributed by atoms with Crippen molar-refractivity contribution in [1.29, 1.82) is 0 Å². The molecule has 0 aliphatic rings. The first-order valence-corrected chi connectivity index (χ1v) is 9.73. The van der Waals surface area contributed by atoms with Gasteiger partial charge in [0.2, 0.25) is 0 Å². The Balaban J connectivity index is 2.87. The Morgan fingerprint density at radius 2 is 1.82 bits per heavy atom. The van der Waals surface area contributed by atoms with E-state index in [2.05, 4.69) is 31.8 Å². The van der Waals surface area contributed by atoms with Crippen LogP contribution in [0.1, 0.15) is 24.4 Å². The molecule has 0 bridgehead atoms. The summed E-state index contributed by atoms with van der Waals surface area (Å²) in [6.45, 7) is 9.20. The van der Waals surface area contributed by atoms with E-state index in [1.54, 1.807) is 0 Å². The highest BCUT2D eigenvalue weighted by Crippen LogP contribution is 2.30. The van der Waals surface area contributed by atoms with Gasteiger partial charge in [-0.15, -0.1) is 0 Å². The highest BCUT2D eigenvalue weighted by Gasteiger charge is 2.30. The van der Waals surface area contributed by atoms with Crippen molar-refractivity contribution >= 4 is 14.0 Å². The Bertz CT molecular complexity index is 354. The minimum Gasteiger partial charge on any atom is -0.466 e. The molecule has 0 heterocycles. The number of carbonyl (C=O) groups excluding carboxylic acids is 1. The molecule has 0 spiro atoms.